The highest BCUT2D eigenvalue weighted by atomic mass is 16.7. The Bertz CT molecular complexity index is 389. The SMILES string of the molecule is O=C1C[C@@H]2O[C@H](c3ccccc3)O[C@@H]2CO1. The number of cyclic esters (lactones) is 1. The summed E-state index contributed by atoms with van der Waals surface area (Å²) in [5, 5.41) is 0. The van der Waals surface area contributed by atoms with Crippen LogP contribution in [-0.2, 0) is 19.0 Å². The fourth-order valence-electron chi connectivity index (χ4n) is 2.02. The Hall–Kier alpha value is -1.39. The van der Waals surface area contributed by atoms with Gasteiger partial charge < -0.3 is 14.2 Å². The fourth-order valence-corrected chi connectivity index (χ4v) is 2.02. The van der Waals surface area contributed by atoms with Crippen molar-refractivity contribution in [1.82, 2.24) is 0 Å². The predicted molar refractivity (Wildman–Crippen MR) is 54.5 cm³/mol. The first-order valence-electron chi connectivity index (χ1n) is 5.34. The van der Waals surface area contributed by atoms with Gasteiger partial charge in [-0.3, -0.25) is 4.79 Å². The molecule has 0 N–H and O–H groups in total. The molecule has 0 bridgehead atoms. The van der Waals surface area contributed by atoms with Gasteiger partial charge in [-0.05, 0) is 0 Å². The van der Waals surface area contributed by atoms with Crippen molar-refractivity contribution in [1.29, 1.82) is 0 Å². The molecule has 0 amide bonds. The Morgan fingerprint density at radius 1 is 1.06 bits per heavy atom. The lowest BCUT2D eigenvalue weighted by Crippen LogP contribution is -2.36. The van der Waals surface area contributed by atoms with Crippen molar-refractivity contribution in [2.75, 3.05) is 6.61 Å². The highest BCUT2D eigenvalue weighted by molar-refractivity contribution is 5.71. The van der Waals surface area contributed by atoms with Crippen LogP contribution in [0.5, 0.6) is 0 Å². The van der Waals surface area contributed by atoms with Crippen molar-refractivity contribution < 1.29 is 19.0 Å². The second-order valence-electron chi connectivity index (χ2n) is 3.98. The monoisotopic (exact) mass is 220 g/mol. The van der Waals surface area contributed by atoms with Crippen LogP contribution in [0, 0.1) is 0 Å². The Balaban J connectivity index is 1.75. The number of fused-ring (bicyclic) bond motifs is 1. The molecule has 0 radical (unpaired) electrons. The van der Waals surface area contributed by atoms with Crippen molar-refractivity contribution in [3.63, 3.8) is 0 Å². The van der Waals surface area contributed by atoms with Crippen molar-refractivity contribution in [3.05, 3.63) is 35.9 Å². The van der Waals surface area contributed by atoms with Gasteiger partial charge in [0.1, 0.15) is 18.8 Å². The smallest absolute Gasteiger partial charge is 0.308 e. The van der Waals surface area contributed by atoms with Crippen LogP contribution in [0.15, 0.2) is 30.3 Å². The molecule has 2 saturated heterocycles. The molecule has 16 heavy (non-hydrogen) atoms. The zero-order chi connectivity index (χ0) is 11.0. The van der Waals surface area contributed by atoms with Crippen LogP contribution in [0.1, 0.15) is 18.3 Å². The molecule has 2 aliphatic heterocycles. The molecule has 1 aromatic rings. The summed E-state index contributed by atoms with van der Waals surface area (Å²) in [5.41, 5.74) is 0.976. The second-order valence-corrected chi connectivity index (χ2v) is 3.98. The van der Waals surface area contributed by atoms with E-state index in [2.05, 4.69) is 0 Å². The van der Waals surface area contributed by atoms with E-state index in [1.165, 1.54) is 0 Å². The number of carbonyl (C=O) groups excluding carboxylic acids is 1. The molecule has 2 aliphatic rings. The highest BCUT2D eigenvalue weighted by Crippen LogP contribution is 2.34. The molecule has 4 nitrogen and oxygen atoms in total. The molecule has 3 atom stereocenters. The number of benzene rings is 1. The van der Waals surface area contributed by atoms with E-state index in [9.17, 15) is 4.79 Å². The van der Waals surface area contributed by atoms with Gasteiger partial charge in [-0.25, -0.2) is 0 Å². The van der Waals surface area contributed by atoms with Crippen molar-refractivity contribution in [2.45, 2.75) is 24.9 Å². The minimum absolute atomic E-state index is 0.122. The van der Waals surface area contributed by atoms with Gasteiger partial charge in [0.15, 0.2) is 6.29 Å². The summed E-state index contributed by atoms with van der Waals surface area (Å²) in [6, 6.07) is 9.71. The van der Waals surface area contributed by atoms with Crippen molar-refractivity contribution >= 4 is 5.97 Å². The maximum absolute atomic E-state index is 11.1. The van der Waals surface area contributed by atoms with Crippen LogP contribution in [0.3, 0.4) is 0 Å². The third-order valence-corrected chi connectivity index (χ3v) is 2.86. The van der Waals surface area contributed by atoms with Crippen molar-refractivity contribution in [2.24, 2.45) is 0 Å². The number of carbonyl (C=O) groups is 1. The predicted octanol–water partition coefficient (Wildman–Crippen LogP) is 1.42. The van der Waals surface area contributed by atoms with Crippen LogP contribution >= 0.6 is 0 Å². The highest BCUT2D eigenvalue weighted by Gasteiger charge is 2.41. The molecule has 0 unspecified atom stereocenters. The lowest BCUT2D eigenvalue weighted by Gasteiger charge is -2.20. The second kappa shape index (κ2) is 3.88. The van der Waals surface area contributed by atoms with E-state index in [0.29, 0.717) is 6.61 Å². The molecular weight excluding hydrogens is 208 g/mol. The zero-order valence-corrected chi connectivity index (χ0v) is 8.67. The average Bonchev–Trinajstić information content (AvgIpc) is 2.73. The number of ether oxygens (including phenoxy) is 3. The number of hydrogen-bond acceptors (Lipinski definition) is 4. The minimum Gasteiger partial charge on any atom is -0.463 e. The standard InChI is InChI=1S/C12H12O4/c13-11-6-9-10(7-14-11)16-12(15-9)8-4-2-1-3-5-8/h1-5,9-10,12H,6-7H2/t9-,10+,12-/m0/s1. The summed E-state index contributed by atoms with van der Waals surface area (Å²) in [6.45, 7) is 0.298. The Kier molecular flexibility index (Phi) is 2.38. The summed E-state index contributed by atoms with van der Waals surface area (Å²) in [5.74, 6) is -0.210. The van der Waals surface area contributed by atoms with Gasteiger partial charge in [0.05, 0.1) is 6.42 Å². The molecule has 4 heteroatoms. The van der Waals surface area contributed by atoms with Crippen LogP contribution in [0.4, 0.5) is 0 Å². The molecule has 3 rings (SSSR count). The van der Waals surface area contributed by atoms with E-state index in [4.69, 9.17) is 14.2 Å². The van der Waals surface area contributed by atoms with Gasteiger partial charge in [0.25, 0.3) is 0 Å². The summed E-state index contributed by atoms with van der Waals surface area (Å²) >= 11 is 0. The Morgan fingerprint density at radius 2 is 1.81 bits per heavy atom. The number of hydrogen-bond donors (Lipinski definition) is 0. The van der Waals surface area contributed by atoms with Gasteiger partial charge in [-0.2, -0.15) is 0 Å². The molecule has 0 spiro atoms. The largest absolute Gasteiger partial charge is 0.463 e. The first-order valence-corrected chi connectivity index (χ1v) is 5.34. The summed E-state index contributed by atoms with van der Waals surface area (Å²) in [7, 11) is 0. The van der Waals surface area contributed by atoms with Crippen LogP contribution in [0.2, 0.25) is 0 Å². The fraction of sp³-hybridized carbons (Fsp3) is 0.417. The van der Waals surface area contributed by atoms with Crippen molar-refractivity contribution in [3.8, 4) is 0 Å². The van der Waals surface area contributed by atoms with Gasteiger partial charge in [0.2, 0.25) is 0 Å². The Morgan fingerprint density at radius 3 is 2.62 bits per heavy atom. The first kappa shape index (κ1) is 9.81. The molecule has 0 aliphatic carbocycles. The van der Waals surface area contributed by atoms with Gasteiger partial charge in [-0.1, -0.05) is 30.3 Å². The molecular formula is C12H12O4. The molecule has 1 aromatic carbocycles. The molecule has 0 saturated carbocycles. The van der Waals surface area contributed by atoms with Gasteiger partial charge >= 0.3 is 5.97 Å². The summed E-state index contributed by atoms with van der Waals surface area (Å²) < 4.78 is 16.3. The van der Waals surface area contributed by atoms with E-state index in [0.717, 1.165) is 5.56 Å². The number of esters is 1. The zero-order valence-electron chi connectivity index (χ0n) is 8.67. The quantitative estimate of drug-likeness (QED) is 0.671. The van der Waals surface area contributed by atoms with E-state index in [1.807, 2.05) is 30.3 Å². The molecule has 84 valence electrons. The third-order valence-electron chi connectivity index (χ3n) is 2.86. The minimum atomic E-state index is -0.370. The lowest BCUT2D eigenvalue weighted by atomic mass is 10.1. The first-order chi connectivity index (χ1) is 7.83. The molecule has 2 heterocycles. The van der Waals surface area contributed by atoms with Gasteiger partial charge in [0, 0.05) is 5.56 Å². The van der Waals surface area contributed by atoms with Crippen LogP contribution in [-0.4, -0.2) is 24.8 Å². The molecule has 2 fully saturated rings. The summed E-state index contributed by atoms with van der Waals surface area (Å²) in [4.78, 5) is 11.1. The molecule has 0 aromatic heterocycles. The third kappa shape index (κ3) is 1.70. The average molecular weight is 220 g/mol. The topological polar surface area (TPSA) is 44.8 Å². The normalized spacial score (nSPS) is 33.2. The van der Waals surface area contributed by atoms with Crippen LogP contribution < -0.4 is 0 Å². The maximum atomic E-state index is 11.1. The van der Waals surface area contributed by atoms with E-state index in [-0.39, 0.29) is 30.9 Å². The number of rotatable bonds is 1. The van der Waals surface area contributed by atoms with E-state index >= 15 is 0 Å². The Labute approximate surface area is 93.1 Å². The summed E-state index contributed by atoms with van der Waals surface area (Å²) in [6.07, 6.45) is -0.367. The van der Waals surface area contributed by atoms with Crippen LogP contribution in [0.25, 0.3) is 0 Å². The maximum Gasteiger partial charge on any atom is 0.308 e. The lowest BCUT2D eigenvalue weighted by molar-refractivity contribution is -0.154. The van der Waals surface area contributed by atoms with E-state index in [1.54, 1.807) is 0 Å². The van der Waals surface area contributed by atoms with E-state index < -0.39 is 0 Å². The van der Waals surface area contributed by atoms with Gasteiger partial charge in [-0.15, -0.1) is 0 Å².